The summed E-state index contributed by atoms with van der Waals surface area (Å²) in [6.45, 7) is 0. The zero-order chi connectivity index (χ0) is 21.8. The van der Waals surface area contributed by atoms with Gasteiger partial charge in [-0.2, -0.15) is 0 Å². The Bertz CT molecular complexity index is 1390. The van der Waals surface area contributed by atoms with E-state index in [1.165, 1.54) is 44.8 Å². The van der Waals surface area contributed by atoms with Gasteiger partial charge in [0.2, 0.25) is 0 Å². The summed E-state index contributed by atoms with van der Waals surface area (Å²) in [6, 6.07) is 39.2. The molecule has 0 N–H and O–H groups in total. The van der Waals surface area contributed by atoms with Crippen molar-refractivity contribution < 1.29 is 0 Å². The maximum absolute atomic E-state index is 5.24. The average Bonchev–Trinajstić information content (AvgIpc) is 2.89. The van der Waals surface area contributed by atoms with Crippen LogP contribution in [-0.2, 0) is 12.8 Å². The molecule has 2 nitrogen and oxygen atoms in total. The fourth-order valence-electron chi connectivity index (χ4n) is 5.28. The molecule has 0 spiro atoms. The lowest BCUT2D eigenvalue weighted by molar-refractivity contribution is 0.983. The highest BCUT2D eigenvalue weighted by atomic mass is 15.2. The Kier molecular flexibility index (Phi) is 4.00. The van der Waals surface area contributed by atoms with Crippen molar-refractivity contribution >= 4 is 17.2 Å². The number of para-hydroxylation sites is 1. The molecule has 0 amide bonds. The fourth-order valence-corrected chi connectivity index (χ4v) is 5.28. The predicted octanol–water partition coefficient (Wildman–Crippen LogP) is 7.69. The van der Waals surface area contributed by atoms with Gasteiger partial charge < -0.3 is 0 Å². The zero-order valence-corrected chi connectivity index (χ0v) is 18.2. The van der Waals surface area contributed by atoms with Crippen molar-refractivity contribution in [3.8, 4) is 22.4 Å². The van der Waals surface area contributed by atoms with E-state index in [0.29, 0.717) is 0 Å². The van der Waals surface area contributed by atoms with Crippen LogP contribution >= 0.6 is 0 Å². The summed E-state index contributed by atoms with van der Waals surface area (Å²) in [7, 11) is 0. The van der Waals surface area contributed by atoms with E-state index in [9.17, 15) is 0 Å². The first-order valence-corrected chi connectivity index (χ1v) is 11.5. The number of fused-ring (bicyclic) bond motifs is 4. The standard InChI is InChI=1S/C31H22N2/c1-3-8-21(9-4-1)23-14-15-24-18-25-12-7-13-26-19-27-16-17-28(22-10-5-2-6-11-22)32-31(27)33(30(25)26)29(24)20-23/h1-17,20H,18-19H2. The molecular weight excluding hydrogens is 400 g/mol. The molecule has 5 aromatic rings. The van der Waals surface area contributed by atoms with Crippen LogP contribution < -0.4 is 4.90 Å². The van der Waals surface area contributed by atoms with Crippen molar-refractivity contribution in [2.45, 2.75) is 12.8 Å². The van der Waals surface area contributed by atoms with Crippen LogP contribution in [0, 0.1) is 0 Å². The van der Waals surface area contributed by atoms with E-state index in [1.54, 1.807) is 0 Å². The molecule has 2 aliphatic heterocycles. The lowest BCUT2D eigenvalue weighted by Crippen LogP contribution is -2.25. The number of aromatic nitrogens is 1. The second-order valence-electron chi connectivity index (χ2n) is 8.87. The molecule has 2 aliphatic rings. The smallest absolute Gasteiger partial charge is 0.141 e. The molecule has 0 bridgehead atoms. The molecule has 0 saturated heterocycles. The molecule has 2 heteroatoms. The maximum atomic E-state index is 5.24. The lowest BCUT2D eigenvalue weighted by Gasteiger charge is -2.38. The van der Waals surface area contributed by atoms with E-state index in [1.807, 2.05) is 0 Å². The molecule has 0 unspecified atom stereocenters. The quantitative estimate of drug-likeness (QED) is 0.284. The molecule has 4 aromatic carbocycles. The predicted molar refractivity (Wildman–Crippen MR) is 135 cm³/mol. The third-order valence-electron chi connectivity index (χ3n) is 6.86. The summed E-state index contributed by atoms with van der Waals surface area (Å²) < 4.78 is 0. The maximum Gasteiger partial charge on any atom is 0.141 e. The van der Waals surface area contributed by atoms with Crippen molar-refractivity contribution in [2.75, 3.05) is 4.90 Å². The van der Waals surface area contributed by atoms with Gasteiger partial charge in [-0.3, -0.25) is 4.90 Å². The minimum atomic E-state index is 0.921. The largest absolute Gasteiger partial charge is 0.294 e. The highest BCUT2D eigenvalue weighted by Crippen LogP contribution is 2.50. The molecule has 0 atom stereocenters. The van der Waals surface area contributed by atoms with Gasteiger partial charge in [0.25, 0.3) is 0 Å². The third-order valence-corrected chi connectivity index (χ3v) is 6.86. The Morgan fingerprint density at radius 2 is 1.18 bits per heavy atom. The van der Waals surface area contributed by atoms with Crippen LogP contribution in [0.15, 0.2) is 109 Å². The monoisotopic (exact) mass is 422 g/mol. The van der Waals surface area contributed by atoms with Crippen molar-refractivity contribution in [1.82, 2.24) is 4.98 Å². The molecule has 0 radical (unpaired) electrons. The van der Waals surface area contributed by atoms with Gasteiger partial charge in [-0.25, -0.2) is 4.98 Å². The molecule has 1 aromatic heterocycles. The summed E-state index contributed by atoms with van der Waals surface area (Å²) in [5, 5.41) is 0. The van der Waals surface area contributed by atoms with Crippen LogP contribution in [0.1, 0.15) is 22.3 Å². The lowest BCUT2D eigenvalue weighted by atomic mass is 9.86. The van der Waals surface area contributed by atoms with Gasteiger partial charge in [0.15, 0.2) is 0 Å². The van der Waals surface area contributed by atoms with Gasteiger partial charge in [-0.1, -0.05) is 97.1 Å². The second kappa shape index (κ2) is 7.18. The average molecular weight is 423 g/mol. The Hall–Kier alpha value is -4.17. The normalized spacial score (nSPS) is 13.2. The molecule has 33 heavy (non-hydrogen) atoms. The molecular formula is C31H22N2. The molecule has 3 heterocycles. The molecule has 0 saturated carbocycles. The summed E-state index contributed by atoms with van der Waals surface area (Å²) in [6.07, 6.45) is 1.88. The van der Waals surface area contributed by atoms with Crippen LogP contribution in [0.2, 0.25) is 0 Å². The SMILES string of the molecule is c1ccc(-c2ccc3c(c2)N2c4nc(-c5ccccc5)ccc4Cc4cccc(c42)C3)cc1. The Morgan fingerprint density at radius 1 is 0.515 bits per heavy atom. The van der Waals surface area contributed by atoms with E-state index < -0.39 is 0 Å². The molecule has 0 aliphatic carbocycles. The van der Waals surface area contributed by atoms with Crippen LogP contribution in [-0.4, -0.2) is 4.98 Å². The van der Waals surface area contributed by atoms with E-state index in [0.717, 1.165) is 29.9 Å². The van der Waals surface area contributed by atoms with Gasteiger partial charge in [-0.05, 0) is 45.5 Å². The van der Waals surface area contributed by atoms with Crippen molar-refractivity contribution in [2.24, 2.45) is 0 Å². The molecule has 0 fully saturated rings. The summed E-state index contributed by atoms with van der Waals surface area (Å²) in [4.78, 5) is 7.65. The van der Waals surface area contributed by atoms with Gasteiger partial charge in [0.05, 0.1) is 17.1 Å². The summed E-state index contributed by atoms with van der Waals surface area (Å²) >= 11 is 0. The number of hydrogen-bond donors (Lipinski definition) is 0. The van der Waals surface area contributed by atoms with E-state index >= 15 is 0 Å². The van der Waals surface area contributed by atoms with Crippen LogP contribution in [0.4, 0.5) is 17.2 Å². The second-order valence-corrected chi connectivity index (χ2v) is 8.87. The first kappa shape index (κ1) is 18.4. The number of nitrogens with zero attached hydrogens (tertiary/aromatic N) is 2. The molecule has 7 rings (SSSR count). The Labute approximate surface area is 193 Å². The van der Waals surface area contributed by atoms with Crippen molar-refractivity contribution in [1.29, 1.82) is 0 Å². The minimum Gasteiger partial charge on any atom is -0.294 e. The van der Waals surface area contributed by atoms with Gasteiger partial charge in [0, 0.05) is 18.4 Å². The first-order chi connectivity index (χ1) is 16.3. The van der Waals surface area contributed by atoms with E-state index in [2.05, 4.69) is 114 Å². The van der Waals surface area contributed by atoms with Crippen LogP contribution in [0.3, 0.4) is 0 Å². The molecule has 156 valence electrons. The van der Waals surface area contributed by atoms with Crippen LogP contribution in [0.5, 0.6) is 0 Å². The third kappa shape index (κ3) is 2.91. The number of benzene rings is 4. The van der Waals surface area contributed by atoms with Crippen molar-refractivity contribution in [3.05, 3.63) is 131 Å². The van der Waals surface area contributed by atoms with Gasteiger partial charge in [-0.15, -0.1) is 0 Å². The number of hydrogen-bond acceptors (Lipinski definition) is 2. The zero-order valence-electron chi connectivity index (χ0n) is 18.2. The summed E-state index contributed by atoms with van der Waals surface area (Å²) in [5.41, 5.74) is 12.6. The highest BCUT2D eigenvalue weighted by molar-refractivity contribution is 5.90. The highest BCUT2D eigenvalue weighted by Gasteiger charge is 2.32. The number of rotatable bonds is 2. The minimum absolute atomic E-state index is 0.921. The van der Waals surface area contributed by atoms with Crippen molar-refractivity contribution in [3.63, 3.8) is 0 Å². The Morgan fingerprint density at radius 3 is 1.94 bits per heavy atom. The first-order valence-electron chi connectivity index (χ1n) is 11.5. The van der Waals surface area contributed by atoms with Gasteiger partial charge >= 0.3 is 0 Å². The van der Waals surface area contributed by atoms with Crippen LogP contribution in [0.25, 0.3) is 22.4 Å². The number of pyridine rings is 1. The van der Waals surface area contributed by atoms with E-state index in [4.69, 9.17) is 4.98 Å². The number of anilines is 3. The summed E-state index contributed by atoms with van der Waals surface area (Å²) in [5.74, 6) is 1.06. The van der Waals surface area contributed by atoms with Gasteiger partial charge in [0.1, 0.15) is 5.82 Å². The van der Waals surface area contributed by atoms with E-state index in [-0.39, 0.29) is 0 Å². The topological polar surface area (TPSA) is 16.1 Å². The Balaban J connectivity index is 1.46. The fraction of sp³-hybridized carbons (Fsp3) is 0.0645.